The van der Waals surface area contributed by atoms with Gasteiger partial charge in [-0.2, -0.15) is 11.1 Å². The van der Waals surface area contributed by atoms with Gasteiger partial charge in [0, 0.05) is 0 Å². The smallest absolute Gasteiger partial charge is 1.00 e. The molecule has 0 heterocycles. The number of benzene rings is 2. The fraction of sp³-hybridized carbons (Fsp3) is 0.448. The first-order valence-electron chi connectivity index (χ1n) is 11.6. The van der Waals surface area contributed by atoms with E-state index in [2.05, 4.69) is 118 Å². The first-order chi connectivity index (χ1) is 14.1. The van der Waals surface area contributed by atoms with Crippen LogP contribution in [0.1, 0.15) is 49.9 Å². The molecule has 0 fully saturated rings. The number of allylic oxidation sites excluding steroid dienone is 4. The Labute approximate surface area is 251 Å². The molecule has 0 saturated heterocycles. The monoisotopic (exact) mass is 598 g/mol. The predicted molar refractivity (Wildman–Crippen MR) is 145 cm³/mol. The molecule has 6 heteroatoms. The number of hydrogen-bond donors (Lipinski definition) is 0. The maximum atomic E-state index is 4.01. The average Bonchev–Trinajstić information content (AvgIpc) is 2.87. The molecule has 0 radical (unpaired) electrons. The van der Waals surface area contributed by atoms with E-state index in [4.69, 9.17) is 0 Å². The molecule has 0 amide bonds. The van der Waals surface area contributed by atoms with E-state index in [1.165, 1.54) is 44.2 Å². The zero-order valence-electron chi connectivity index (χ0n) is 23.5. The number of hydrogen-bond acceptors (Lipinski definition) is 0. The van der Waals surface area contributed by atoms with Gasteiger partial charge < -0.3 is 37.2 Å². The molecule has 2 atom stereocenters. The van der Waals surface area contributed by atoms with Crippen molar-refractivity contribution in [1.29, 1.82) is 0 Å². The van der Waals surface area contributed by atoms with Gasteiger partial charge >= 0.3 is 21.7 Å². The minimum Gasteiger partial charge on any atom is -1.00 e. The largest absolute Gasteiger partial charge is 4.00 e. The molecule has 2 aromatic rings. The topological polar surface area (TPSA) is 0 Å². The predicted octanol–water partition coefficient (Wildman–Crippen LogP) is -2.47. The minimum atomic E-state index is -2.23. The van der Waals surface area contributed by atoms with Gasteiger partial charge in [0.15, 0.2) is 0 Å². The van der Waals surface area contributed by atoms with E-state index in [1.807, 2.05) is 0 Å². The molecule has 2 unspecified atom stereocenters. The summed E-state index contributed by atoms with van der Waals surface area (Å²) in [4.78, 5) is 0. The summed E-state index contributed by atoms with van der Waals surface area (Å²) in [5.41, 5.74) is 9.90. The molecule has 0 N–H and O–H groups in total. The Morgan fingerprint density at radius 2 is 1.09 bits per heavy atom. The van der Waals surface area contributed by atoms with E-state index in [1.54, 1.807) is 10.4 Å². The Balaban J connectivity index is 0. The van der Waals surface area contributed by atoms with Crippen molar-refractivity contribution in [2.24, 2.45) is 0 Å². The molecule has 0 aliphatic heterocycles. The van der Waals surface area contributed by atoms with Crippen molar-refractivity contribution in [3.63, 3.8) is 0 Å². The van der Waals surface area contributed by atoms with Crippen molar-refractivity contribution in [3.05, 3.63) is 75.4 Å². The van der Waals surface area contributed by atoms with E-state index >= 15 is 0 Å². The van der Waals surface area contributed by atoms with Crippen molar-refractivity contribution in [1.82, 2.24) is 0 Å². The first kappa shape index (κ1) is 37.1. The van der Waals surface area contributed by atoms with Crippen LogP contribution in [0.15, 0.2) is 47.1 Å². The van der Waals surface area contributed by atoms with Crippen LogP contribution in [0.5, 0.6) is 0 Å². The first-order valence-corrected chi connectivity index (χ1v) is 17.6. The molecule has 3 rings (SSSR count). The van der Waals surface area contributed by atoms with Gasteiger partial charge in [0.25, 0.3) is 0 Å². The van der Waals surface area contributed by atoms with Gasteiger partial charge in [-0.3, -0.25) is 6.08 Å². The van der Waals surface area contributed by atoms with E-state index in [0.29, 0.717) is 0 Å². The van der Waals surface area contributed by atoms with Crippen molar-refractivity contribution >= 4 is 31.7 Å². The summed E-state index contributed by atoms with van der Waals surface area (Å²) < 4.78 is 0. The maximum Gasteiger partial charge on any atom is 4.00 e. The Hall–Kier alpha value is -0.0619. The molecule has 0 spiro atoms. The molecular formula is C29H41Cl3Si2Ti. The van der Waals surface area contributed by atoms with E-state index < -0.39 is 16.1 Å². The van der Waals surface area contributed by atoms with E-state index in [0.717, 1.165) is 0 Å². The molecular weight excluding hydrogens is 559 g/mol. The second-order valence-corrected chi connectivity index (χ2v) is 20.8. The summed E-state index contributed by atoms with van der Waals surface area (Å²) in [6, 6.07) is 12.5. The van der Waals surface area contributed by atoms with Crippen molar-refractivity contribution < 1.29 is 58.9 Å². The summed E-state index contributed by atoms with van der Waals surface area (Å²) in [5.74, 6) is 0. The van der Waals surface area contributed by atoms with Crippen molar-refractivity contribution in [3.8, 4) is 0 Å². The fourth-order valence-electron chi connectivity index (χ4n) is 5.29. The number of rotatable bonds is 4. The van der Waals surface area contributed by atoms with Crippen molar-refractivity contribution in [2.45, 2.75) is 86.6 Å². The molecule has 0 aromatic heterocycles. The van der Waals surface area contributed by atoms with Gasteiger partial charge in [-0.15, -0.1) is 6.92 Å². The molecule has 190 valence electrons. The van der Waals surface area contributed by atoms with Gasteiger partial charge in [-0.1, -0.05) is 103 Å². The summed E-state index contributed by atoms with van der Waals surface area (Å²) in [6.45, 7) is 28.4. The molecule has 35 heavy (non-hydrogen) atoms. The van der Waals surface area contributed by atoms with Crippen LogP contribution in [0, 0.1) is 33.8 Å². The molecule has 0 saturated carbocycles. The van der Waals surface area contributed by atoms with Crippen LogP contribution in [0.2, 0.25) is 31.2 Å². The quantitative estimate of drug-likeness (QED) is 0.270. The van der Waals surface area contributed by atoms with Crippen LogP contribution < -0.4 is 52.8 Å². The second-order valence-electron chi connectivity index (χ2n) is 11.3. The summed E-state index contributed by atoms with van der Waals surface area (Å²) in [5, 5.41) is 4.61. The molecule has 1 aliphatic rings. The van der Waals surface area contributed by atoms with Crippen molar-refractivity contribution in [2.75, 3.05) is 0 Å². The normalized spacial score (nSPS) is 18.9. The Bertz CT molecular complexity index is 1110. The standard InChI is InChI=1S/C29H41Si2.3ClH.Ti/c1-19-13-26(30(9,10)11)17-27(14-19)31(12,28-15-20(2)23(5)21(3)16-28)29(8)18-22(4)24(6)25(29)7;;;;/h13-17H,1-12H3;3*1H;/q-1;;;;+4/p-3. The van der Waals surface area contributed by atoms with Crippen LogP contribution in [-0.2, 0) is 21.7 Å². The SMILES string of the molecule is CC1=[C-]C(C)([Si](C)(c2cc(C)cc([Si](C)(C)C)c2)c2cc(C)c(C)c(C)c2)C(C)=C1C.[Cl-].[Cl-].[Cl-].[Ti+4]. The fourth-order valence-corrected chi connectivity index (χ4v) is 11.5. The minimum absolute atomic E-state index is 0. The Morgan fingerprint density at radius 3 is 1.49 bits per heavy atom. The van der Waals surface area contributed by atoms with E-state index in [9.17, 15) is 0 Å². The zero-order chi connectivity index (χ0) is 23.5. The Kier molecular flexibility index (Phi) is 13.4. The van der Waals surface area contributed by atoms with Crippen LogP contribution in [-0.4, -0.2) is 16.1 Å². The summed E-state index contributed by atoms with van der Waals surface area (Å²) >= 11 is 0. The van der Waals surface area contributed by atoms with Gasteiger partial charge in [0.2, 0.25) is 0 Å². The van der Waals surface area contributed by atoms with Crippen LogP contribution >= 0.6 is 0 Å². The van der Waals surface area contributed by atoms with Gasteiger partial charge in [-0.05, 0) is 44.4 Å². The third-order valence-corrected chi connectivity index (χ3v) is 15.7. The summed E-state index contributed by atoms with van der Waals surface area (Å²) in [6.07, 6.45) is 4.01. The van der Waals surface area contributed by atoms with Crippen LogP contribution in [0.3, 0.4) is 0 Å². The van der Waals surface area contributed by atoms with Crippen LogP contribution in [0.4, 0.5) is 0 Å². The third kappa shape index (κ3) is 6.33. The molecule has 1 aliphatic carbocycles. The summed E-state index contributed by atoms with van der Waals surface area (Å²) in [7, 11) is -3.66. The number of halogens is 3. The van der Waals surface area contributed by atoms with Crippen LogP contribution in [0.25, 0.3) is 0 Å². The van der Waals surface area contributed by atoms with E-state index in [-0.39, 0.29) is 64.0 Å². The second kappa shape index (κ2) is 12.7. The van der Waals surface area contributed by atoms with Gasteiger partial charge in [-0.25, -0.2) is 5.57 Å². The molecule has 2 aromatic carbocycles. The Morgan fingerprint density at radius 1 is 0.657 bits per heavy atom. The average molecular weight is 600 g/mol. The third-order valence-electron chi connectivity index (χ3n) is 8.34. The number of aryl methyl sites for hydroxylation is 3. The molecule has 0 nitrogen and oxygen atoms in total. The van der Waals surface area contributed by atoms with Gasteiger partial charge in [0.1, 0.15) is 8.07 Å². The maximum absolute atomic E-state index is 4.01. The zero-order valence-corrected chi connectivity index (χ0v) is 29.3. The van der Waals surface area contributed by atoms with Gasteiger partial charge in [0.05, 0.1) is 8.07 Å². The molecule has 0 bridgehead atoms.